The molecule has 1 aromatic carbocycles. The van der Waals surface area contributed by atoms with Gasteiger partial charge in [0.15, 0.2) is 17.3 Å². The van der Waals surface area contributed by atoms with Crippen molar-refractivity contribution in [3.63, 3.8) is 0 Å². The van der Waals surface area contributed by atoms with Crippen LogP contribution in [0.1, 0.15) is 45.1 Å². The van der Waals surface area contributed by atoms with Crippen LogP contribution in [0.25, 0.3) is 11.3 Å². The molecule has 0 unspecified atom stereocenters. The molecule has 0 amide bonds. The van der Waals surface area contributed by atoms with Crippen LogP contribution in [0.2, 0.25) is 5.02 Å². The highest BCUT2D eigenvalue weighted by Gasteiger charge is 2.38. The summed E-state index contributed by atoms with van der Waals surface area (Å²) in [5.41, 5.74) is -0.458. The largest absolute Gasteiger partial charge is 0.435 e. The number of hydrogen-bond acceptors (Lipinski definition) is 6. The molecule has 0 spiro atoms. The Balaban J connectivity index is 0.00000420. The van der Waals surface area contributed by atoms with E-state index >= 15 is 0 Å². The number of terminal acetylenes is 1. The van der Waals surface area contributed by atoms with Crippen LogP contribution in [0, 0.1) is 18.3 Å². The van der Waals surface area contributed by atoms with E-state index in [0.29, 0.717) is 30.6 Å². The maximum absolute atomic E-state index is 13.6. The number of aromatic nitrogens is 4. The Bertz CT molecular complexity index is 1410. The fraction of sp³-hybridized carbons (Fsp3) is 0.385. The molecule has 1 saturated heterocycles. The number of β-amino-alcohol motifs (C(OH)–C–C–N with tert-alkyl or cyclic N) is 1. The highest BCUT2D eigenvalue weighted by Crippen LogP contribution is 2.36. The molecule has 0 saturated carbocycles. The fourth-order valence-corrected chi connectivity index (χ4v) is 4.84. The number of Topliss-reactive ketones (excluding diaryl/α,β-unsaturated/α-hetero) is 2. The molecule has 2 aromatic heterocycles. The van der Waals surface area contributed by atoms with Gasteiger partial charge in [0.05, 0.1) is 28.6 Å². The molecule has 1 aliphatic rings. The zero-order valence-corrected chi connectivity index (χ0v) is 22.4. The van der Waals surface area contributed by atoms with Crippen LogP contribution in [0.5, 0.6) is 0 Å². The minimum Gasteiger partial charge on any atom is -0.391 e. The Labute approximate surface area is 234 Å². The number of halogens is 5. The Morgan fingerprint density at radius 3 is 2.64 bits per heavy atom. The van der Waals surface area contributed by atoms with Crippen molar-refractivity contribution >= 4 is 35.6 Å². The minimum absolute atomic E-state index is 0. The predicted molar refractivity (Wildman–Crippen MR) is 141 cm³/mol. The number of benzene rings is 1. The molecule has 208 valence electrons. The molecule has 0 radical (unpaired) electrons. The fourth-order valence-electron chi connectivity index (χ4n) is 4.54. The van der Waals surface area contributed by atoms with Crippen molar-refractivity contribution < 1.29 is 27.9 Å². The zero-order valence-electron chi connectivity index (χ0n) is 20.8. The van der Waals surface area contributed by atoms with Crippen LogP contribution in [-0.2, 0) is 26.2 Å². The lowest BCUT2D eigenvalue weighted by Crippen LogP contribution is -2.18. The van der Waals surface area contributed by atoms with Gasteiger partial charge in [-0.2, -0.15) is 18.3 Å². The number of nitrogens with zero attached hydrogens (tertiary/aromatic N) is 4. The van der Waals surface area contributed by atoms with Gasteiger partial charge in [0.25, 0.3) is 0 Å². The molecule has 1 aliphatic heterocycles. The molecule has 3 heterocycles. The molecule has 39 heavy (non-hydrogen) atoms. The number of rotatable bonds is 9. The Hall–Kier alpha value is -3.17. The number of alkyl halides is 3. The van der Waals surface area contributed by atoms with Crippen molar-refractivity contribution in [1.82, 2.24) is 24.6 Å². The molecule has 3 aromatic rings. The summed E-state index contributed by atoms with van der Waals surface area (Å²) in [5, 5.41) is 16.7. The quantitative estimate of drug-likeness (QED) is 0.292. The lowest BCUT2D eigenvalue weighted by Gasteiger charge is -2.13. The average Bonchev–Trinajstić information content (AvgIpc) is 3.55. The number of ketones is 2. The van der Waals surface area contributed by atoms with Gasteiger partial charge in [0.1, 0.15) is 6.54 Å². The molecule has 13 heteroatoms. The van der Waals surface area contributed by atoms with Gasteiger partial charge in [0, 0.05) is 44.7 Å². The lowest BCUT2D eigenvalue weighted by molar-refractivity contribution is -0.141. The van der Waals surface area contributed by atoms with Gasteiger partial charge in [-0.1, -0.05) is 23.6 Å². The van der Waals surface area contributed by atoms with Crippen LogP contribution >= 0.6 is 24.0 Å². The second kappa shape index (κ2) is 12.3. The van der Waals surface area contributed by atoms with E-state index in [4.69, 9.17) is 18.0 Å². The van der Waals surface area contributed by atoms with E-state index in [-0.39, 0.29) is 65.6 Å². The number of hydrogen-bond donors (Lipinski definition) is 2. The predicted octanol–water partition coefficient (Wildman–Crippen LogP) is 3.98. The van der Waals surface area contributed by atoms with Crippen molar-refractivity contribution in [2.24, 2.45) is 13.0 Å². The van der Waals surface area contributed by atoms with Gasteiger partial charge >= 0.3 is 6.18 Å². The lowest BCUT2D eigenvalue weighted by atomic mass is 9.95. The van der Waals surface area contributed by atoms with Gasteiger partial charge in [-0.25, -0.2) is 4.98 Å². The first-order valence-electron chi connectivity index (χ1n) is 11.8. The van der Waals surface area contributed by atoms with Crippen molar-refractivity contribution in [2.45, 2.75) is 38.1 Å². The standard InChI is InChI=1S/C26H25ClF3N5O3.ClH/c1-3-8-35-14-18(24(33-35)26(28,29)30)20-12-32-25(34(20)2)22(37)10-15-4-6-17(19(27)9-15)21(36)7-5-16-11-31-13-23(16)38;/h1,4,6,9,12,14,16,23,31,38H,5,7-8,10-11,13H2,2H3;1H/t16-,23+;/m1./s1. The molecule has 8 nitrogen and oxygen atoms in total. The first kappa shape index (κ1) is 30.4. The van der Waals surface area contributed by atoms with E-state index in [0.717, 1.165) is 4.68 Å². The first-order chi connectivity index (χ1) is 18.0. The number of aliphatic hydroxyl groups excluding tert-OH is 1. The highest BCUT2D eigenvalue weighted by molar-refractivity contribution is 6.34. The second-order valence-corrected chi connectivity index (χ2v) is 9.59. The van der Waals surface area contributed by atoms with Gasteiger partial charge in [-0.05, 0) is 30.0 Å². The third-order valence-electron chi connectivity index (χ3n) is 6.54. The molecular weight excluding hydrogens is 558 g/mol. The second-order valence-electron chi connectivity index (χ2n) is 9.18. The van der Waals surface area contributed by atoms with Crippen molar-refractivity contribution in [1.29, 1.82) is 0 Å². The average molecular weight is 584 g/mol. The van der Waals surface area contributed by atoms with Crippen LogP contribution in [0.4, 0.5) is 13.2 Å². The van der Waals surface area contributed by atoms with Crippen molar-refractivity contribution in [2.75, 3.05) is 13.1 Å². The smallest absolute Gasteiger partial charge is 0.391 e. The van der Waals surface area contributed by atoms with Crippen LogP contribution in [0.3, 0.4) is 0 Å². The molecule has 0 bridgehead atoms. The summed E-state index contributed by atoms with van der Waals surface area (Å²) in [4.78, 5) is 29.7. The van der Waals surface area contributed by atoms with Gasteiger partial charge < -0.3 is 15.0 Å². The Morgan fingerprint density at radius 2 is 2.03 bits per heavy atom. The first-order valence-corrected chi connectivity index (χ1v) is 12.2. The summed E-state index contributed by atoms with van der Waals surface area (Å²) in [5.74, 6) is 1.60. The molecule has 2 atom stereocenters. The highest BCUT2D eigenvalue weighted by atomic mass is 35.5. The third-order valence-corrected chi connectivity index (χ3v) is 6.85. The maximum atomic E-state index is 13.6. The monoisotopic (exact) mass is 583 g/mol. The van der Waals surface area contributed by atoms with E-state index in [1.54, 1.807) is 12.1 Å². The van der Waals surface area contributed by atoms with Gasteiger partial charge in [-0.15, -0.1) is 18.8 Å². The van der Waals surface area contributed by atoms with Crippen LogP contribution < -0.4 is 5.32 Å². The van der Waals surface area contributed by atoms with Gasteiger partial charge in [-0.3, -0.25) is 14.3 Å². The maximum Gasteiger partial charge on any atom is 0.435 e. The zero-order chi connectivity index (χ0) is 27.6. The normalized spacial score (nSPS) is 17.1. The minimum atomic E-state index is -4.73. The molecule has 1 fully saturated rings. The molecular formula is C26H26Cl2F3N5O3. The summed E-state index contributed by atoms with van der Waals surface area (Å²) in [6.45, 7) is 1.02. The summed E-state index contributed by atoms with van der Waals surface area (Å²) in [7, 11) is 1.44. The van der Waals surface area contributed by atoms with E-state index < -0.39 is 23.8 Å². The Morgan fingerprint density at radius 1 is 1.28 bits per heavy atom. The molecule has 2 N–H and O–H groups in total. The third kappa shape index (κ3) is 6.70. The Kier molecular flexibility index (Phi) is 9.61. The SMILES string of the molecule is C#CCn1cc(-c2cnc(C(=O)Cc3ccc(C(=O)CC[C@@H]4CNC[C@@H]4O)c(Cl)c3)n2C)c(C(F)(F)F)n1.Cl. The van der Waals surface area contributed by atoms with E-state index in [9.17, 15) is 27.9 Å². The number of nitrogens with one attached hydrogen (secondary N) is 1. The van der Waals surface area contributed by atoms with Gasteiger partial charge in [0.2, 0.25) is 5.78 Å². The number of carbonyl (C=O) groups excluding carboxylic acids is 2. The topological polar surface area (TPSA) is 102 Å². The van der Waals surface area contributed by atoms with Crippen LogP contribution in [0.15, 0.2) is 30.6 Å². The van der Waals surface area contributed by atoms with E-state index in [2.05, 4.69) is 21.3 Å². The number of imidazole rings is 1. The summed E-state index contributed by atoms with van der Waals surface area (Å²) >= 11 is 6.34. The van der Waals surface area contributed by atoms with Crippen molar-refractivity contribution in [3.8, 4) is 23.6 Å². The molecule has 4 rings (SSSR count). The molecule has 0 aliphatic carbocycles. The summed E-state index contributed by atoms with van der Waals surface area (Å²) in [6, 6.07) is 4.68. The van der Waals surface area contributed by atoms with E-state index in [1.807, 2.05) is 0 Å². The number of aliphatic hydroxyl groups is 1. The summed E-state index contributed by atoms with van der Waals surface area (Å²) < 4.78 is 43.0. The van der Waals surface area contributed by atoms with Crippen molar-refractivity contribution in [3.05, 3.63) is 58.3 Å². The van der Waals surface area contributed by atoms with Crippen LogP contribution in [-0.4, -0.2) is 55.2 Å². The van der Waals surface area contributed by atoms with E-state index in [1.165, 1.54) is 30.1 Å². The summed E-state index contributed by atoms with van der Waals surface area (Å²) in [6.07, 6.45) is 3.00. The number of carbonyl (C=O) groups is 2.